The number of hydrogen-bond donors (Lipinski definition) is 2. The van der Waals surface area contributed by atoms with Crippen LogP contribution < -0.4 is 10.6 Å². The highest BCUT2D eigenvalue weighted by molar-refractivity contribution is 6.32. The highest BCUT2D eigenvalue weighted by Gasteiger charge is 2.12. The third-order valence-electron chi connectivity index (χ3n) is 2.27. The Hall–Kier alpha value is -1.66. The lowest BCUT2D eigenvalue weighted by atomic mass is 10.2. The van der Waals surface area contributed by atoms with Crippen molar-refractivity contribution in [3.05, 3.63) is 38.9 Å². The molecule has 7 heteroatoms. The molecule has 1 rings (SSSR count). The first kappa shape index (κ1) is 15.4. The number of carbonyl (C=O) groups excluding carboxylic acids is 1. The van der Waals surface area contributed by atoms with Crippen molar-refractivity contribution in [3.8, 4) is 0 Å². The summed E-state index contributed by atoms with van der Waals surface area (Å²) in [5.41, 5.74) is 0.570. The molecule has 0 radical (unpaired) electrons. The van der Waals surface area contributed by atoms with Crippen LogP contribution in [0.3, 0.4) is 0 Å². The van der Waals surface area contributed by atoms with E-state index >= 15 is 0 Å². The van der Waals surface area contributed by atoms with Gasteiger partial charge in [-0.15, -0.1) is 0 Å². The number of amides is 1. The van der Waals surface area contributed by atoms with Crippen molar-refractivity contribution in [2.24, 2.45) is 0 Å². The fraction of sp³-hybridized carbons (Fsp3) is 0.417. The Balaban J connectivity index is 2.52. The van der Waals surface area contributed by atoms with Crippen molar-refractivity contribution in [2.75, 3.05) is 6.54 Å². The Morgan fingerprint density at radius 1 is 1.47 bits per heavy atom. The lowest BCUT2D eigenvalue weighted by Gasteiger charge is -2.09. The van der Waals surface area contributed by atoms with E-state index in [1.165, 1.54) is 12.1 Å². The molecular formula is C12H16ClN3O3. The average Bonchev–Trinajstić information content (AvgIpc) is 2.30. The maximum Gasteiger partial charge on any atom is 0.288 e. The van der Waals surface area contributed by atoms with Gasteiger partial charge in [0.05, 0.1) is 11.5 Å². The summed E-state index contributed by atoms with van der Waals surface area (Å²) in [7, 11) is 0. The van der Waals surface area contributed by atoms with Crippen molar-refractivity contribution >= 4 is 23.2 Å². The van der Waals surface area contributed by atoms with Crippen molar-refractivity contribution in [1.82, 2.24) is 10.6 Å². The van der Waals surface area contributed by atoms with E-state index < -0.39 is 4.92 Å². The van der Waals surface area contributed by atoms with Crippen molar-refractivity contribution in [2.45, 2.75) is 26.4 Å². The topological polar surface area (TPSA) is 84.3 Å². The zero-order valence-electron chi connectivity index (χ0n) is 10.8. The van der Waals surface area contributed by atoms with Crippen LogP contribution in [0.4, 0.5) is 5.69 Å². The first-order valence-corrected chi connectivity index (χ1v) is 6.21. The van der Waals surface area contributed by atoms with E-state index in [0.29, 0.717) is 12.1 Å². The molecule has 0 aliphatic heterocycles. The quantitative estimate of drug-likeness (QED) is 0.617. The number of nitrogens with one attached hydrogen (secondary N) is 2. The second kappa shape index (κ2) is 7.06. The molecule has 1 aromatic rings. The minimum atomic E-state index is -0.530. The largest absolute Gasteiger partial charge is 0.353 e. The fourth-order valence-corrected chi connectivity index (χ4v) is 1.69. The molecule has 0 unspecified atom stereocenters. The summed E-state index contributed by atoms with van der Waals surface area (Å²) in [4.78, 5) is 21.6. The molecule has 0 spiro atoms. The predicted molar refractivity (Wildman–Crippen MR) is 73.1 cm³/mol. The van der Waals surface area contributed by atoms with Gasteiger partial charge in [-0.2, -0.15) is 0 Å². The van der Waals surface area contributed by atoms with Crippen molar-refractivity contribution in [1.29, 1.82) is 0 Å². The number of nitro groups is 1. The molecule has 0 aliphatic carbocycles. The molecule has 0 fully saturated rings. The third-order valence-corrected chi connectivity index (χ3v) is 2.59. The van der Waals surface area contributed by atoms with Gasteiger partial charge in [0.2, 0.25) is 5.91 Å². The number of hydrogen-bond acceptors (Lipinski definition) is 4. The Kier molecular flexibility index (Phi) is 5.72. The van der Waals surface area contributed by atoms with Crippen LogP contribution in [0, 0.1) is 10.1 Å². The van der Waals surface area contributed by atoms with Gasteiger partial charge in [-0.05, 0) is 25.5 Å². The SMILES string of the molecule is CC(C)NC(=O)CNCc1ccc(Cl)c([N+](=O)[O-])c1. The molecule has 0 aromatic heterocycles. The zero-order chi connectivity index (χ0) is 14.4. The summed E-state index contributed by atoms with van der Waals surface area (Å²) in [5.74, 6) is -0.113. The molecule has 0 saturated heterocycles. The van der Waals surface area contributed by atoms with E-state index in [9.17, 15) is 14.9 Å². The smallest absolute Gasteiger partial charge is 0.288 e. The molecule has 1 aromatic carbocycles. The average molecular weight is 286 g/mol. The van der Waals surface area contributed by atoms with Crippen LogP contribution in [0.2, 0.25) is 5.02 Å². The molecule has 2 N–H and O–H groups in total. The molecule has 6 nitrogen and oxygen atoms in total. The van der Waals surface area contributed by atoms with Crippen LogP contribution in [0.5, 0.6) is 0 Å². The van der Waals surface area contributed by atoms with E-state index in [1.807, 2.05) is 13.8 Å². The fourth-order valence-electron chi connectivity index (χ4n) is 1.50. The van der Waals surface area contributed by atoms with E-state index in [1.54, 1.807) is 6.07 Å². The lowest BCUT2D eigenvalue weighted by molar-refractivity contribution is -0.384. The summed E-state index contributed by atoms with van der Waals surface area (Å²) in [5, 5.41) is 16.5. The standard InChI is InChI=1S/C12H16ClN3O3/c1-8(2)15-12(17)7-14-6-9-3-4-10(13)11(5-9)16(18)19/h3-5,8,14H,6-7H2,1-2H3,(H,15,17). The van der Waals surface area contributed by atoms with Crippen LogP contribution in [0.15, 0.2) is 18.2 Å². The summed E-state index contributed by atoms with van der Waals surface area (Å²) in [6.45, 7) is 4.28. The highest BCUT2D eigenvalue weighted by Crippen LogP contribution is 2.24. The summed E-state index contributed by atoms with van der Waals surface area (Å²) in [6, 6.07) is 4.65. The van der Waals surface area contributed by atoms with Gasteiger partial charge in [-0.1, -0.05) is 17.7 Å². The number of nitrogens with zero attached hydrogens (tertiary/aromatic N) is 1. The molecule has 0 heterocycles. The summed E-state index contributed by atoms with van der Waals surface area (Å²) >= 11 is 5.71. The third kappa shape index (κ3) is 5.23. The summed E-state index contributed by atoms with van der Waals surface area (Å²) in [6.07, 6.45) is 0. The molecule has 0 atom stereocenters. The molecule has 1 amide bonds. The second-order valence-electron chi connectivity index (χ2n) is 4.37. The predicted octanol–water partition coefficient (Wildman–Crippen LogP) is 1.86. The van der Waals surface area contributed by atoms with E-state index in [4.69, 9.17) is 11.6 Å². The van der Waals surface area contributed by atoms with E-state index in [-0.39, 0.29) is 29.2 Å². The second-order valence-corrected chi connectivity index (χ2v) is 4.78. The lowest BCUT2D eigenvalue weighted by Crippen LogP contribution is -2.37. The van der Waals surface area contributed by atoms with E-state index in [2.05, 4.69) is 10.6 Å². The molecule has 0 aliphatic rings. The van der Waals surface area contributed by atoms with Gasteiger partial charge in [-0.3, -0.25) is 14.9 Å². The summed E-state index contributed by atoms with van der Waals surface area (Å²) < 4.78 is 0. The van der Waals surface area contributed by atoms with Gasteiger partial charge in [0.1, 0.15) is 5.02 Å². The maximum atomic E-state index is 11.4. The van der Waals surface area contributed by atoms with Gasteiger partial charge >= 0.3 is 0 Å². The Morgan fingerprint density at radius 3 is 2.74 bits per heavy atom. The molecule has 104 valence electrons. The first-order chi connectivity index (χ1) is 8.90. The maximum absolute atomic E-state index is 11.4. The van der Waals surface area contributed by atoms with Crippen LogP contribution in [-0.4, -0.2) is 23.4 Å². The Labute approximate surface area is 116 Å². The number of halogens is 1. The Morgan fingerprint density at radius 2 is 2.16 bits per heavy atom. The monoisotopic (exact) mass is 285 g/mol. The minimum absolute atomic E-state index is 0.0888. The van der Waals surface area contributed by atoms with Gasteiger partial charge in [-0.25, -0.2) is 0 Å². The molecule has 0 saturated carbocycles. The van der Waals surface area contributed by atoms with Crippen LogP contribution in [0.1, 0.15) is 19.4 Å². The number of rotatable bonds is 6. The highest BCUT2D eigenvalue weighted by atomic mass is 35.5. The Bertz CT molecular complexity index is 477. The number of carbonyl (C=O) groups is 1. The molecular weight excluding hydrogens is 270 g/mol. The van der Waals surface area contributed by atoms with Crippen molar-refractivity contribution < 1.29 is 9.72 Å². The van der Waals surface area contributed by atoms with Crippen LogP contribution in [-0.2, 0) is 11.3 Å². The minimum Gasteiger partial charge on any atom is -0.353 e. The van der Waals surface area contributed by atoms with Gasteiger partial charge < -0.3 is 10.6 Å². The number of nitro benzene ring substituents is 1. The van der Waals surface area contributed by atoms with Gasteiger partial charge in [0, 0.05) is 18.7 Å². The van der Waals surface area contributed by atoms with Crippen LogP contribution in [0.25, 0.3) is 0 Å². The van der Waals surface area contributed by atoms with E-state index in [0.717, 1.165) is 0 Å². The number of benzene rings is 1. The van der Waals surface area contributed by atoms with Gasteiger partial charge in [0.15, 0.2) is 0 Å². The first-order valence-electron chi connectivity index (χ1n) is 5.83. The molecule has 0 bridgehead atoms. The van der Waals surface area contributed by atoms with Crippen molar-refractivity contribution in [3.63, 3.8) is 0 Å². The van der Waals surface area contributed by atoms with Gasteiger partial charge in [0.25, 0.3) is 5.69 Å². The normalized spacial score (nSPS) is 10.5. The molecule has 19 heavy (non-hydrogen) atoms. The van der Waals surface area contributed by atoms with Crippen LogP contribution >= 0.6 is 11.6 Å². The zero-order valence-corrected chi connectivity index (χ0v) is 11.5.